The average molecular weight is 124 g/mol. The maximum absolute atomic E-state index is 8.57. The number of nitriles is 1. The van der Waals surface area contributed by atoms with E-state index in [1.54, 1.807) is 0 Å². The summed E-state index contributed by atoms with van der Waals surface area (Å²) in [5.41, 5.74) is 0. The molecule has 1 aliphatic rings. The zero-order valence-corrected chi connectivity index (χ0v) is 5.72. The molecule has 0 aromatic rings. The molecule has 1 aliphatic heterocycles. The van der Waals surface area contributed by atoms with Crippen LogP contribution in [0, 0.1) is 17.2 Å². The lowest BCUT2D eigenvalue weighted by Gasteiger charge is -2.24. The van der Waals surface area contributed by atoms with Gasteiger partial charge in [-0.1, -0.05) is 0 Å². The summed E-state index contributed by atoms with van der Waals surface area (Å²) in [6.07, 6.45) is 2.23. The molecule has 0 spiro atoms. The predicted molar refractivity (Wildman–Crippen MR) is 35.8 cm³/mol. The molecule has 50 valence electrons. The highest BCUT2D eigenvalue weighted by molar-refractivity contribution is 4.92. The number of hydrogen-bond donors (Lipinski definition) is 1. The molecule has 0 aromatic carbocycles. The maximum Gasteiger partial charge on any atom is 0.0672 e. The van der Waals surface area contributed by atoms with Crippen molar-refractivity contribution in [3.8, 4) is 6.07 Å². The third-order valence-corrected chi connectivity index (χ3v) is 1.93. The van der Waals surface area contributed by atoms with Crippen LogP contribution in [0.5, 0.6) is 0 Å². The molecule has 2 atom stereocenters. The summed E-state index contributed by atoms with van der Waals surface area (Å²) < 4.78 is 0. The topological polar surface area (TPSA) is 35.8 Å². The van der Waals surface area contributed by atoms with Crippen LogP contribution < -0.4 is 5.32 Å². The van der Waals surface area contributed by atoms with Crippen molar-refractivity contribution in [2.75, 3.05) is 6.54 Å². The minimum Gasteiger partial charge on any atom is -0.313 e. The first kappa shape index (κ1) is 6.57. The van der Waals surface area contributed by atoms with Gasteiger partial charge < -0.3 is 5.32 Å². The first-order valence-corrected chi connectivity index (χ1v) is 3.47. The highest BCUT2D eigenvalue weighted by atomic mass is 14.9. The smallest absolute Gasteiger partial charge is 0.0672 e. The van der Waals surface area contributed by atoms with Gasteiger partial charge in [-0.05, 0) is 26.3 Å². The minimum absolute atomic E-state index is 0.249. The van der Waals surface area contributed by atoms with Gasteiger partial charge in [-0.2, -0.15) is 5.26 Å². The quantitative estimate of drug-likeness (QED) is 0.520. The van der Waals surface area contributed by atoms with E-state index in [-0.39, 0.29) is 5.92 Å². The van der Waals surface area contributed by atoms with Crippen LogP contribution in [0.25, 0.3) is 0 Å². The zero-order chi connectivity index (χ0) is 6.69. The summed E-state index contributed by atoms with van der Waals surface area (Å²) in [4.78, 5) is 0. The molecule has 0 bridgehead atoms. The van der Waals surface area contributed by atoms with Crippen molar-refractivity contribution in [1.29, 1.82) is 5.26 Å². The molecule has 2 heteroatoms. The molecule has 1 fully saturated rings. The number of piperidine rings is 1. The van der Waals surface area contributed by atoms with Gasteiger partial charge in [0.05, 0.1) is 12.0 Å². The Morgan fingerprint density at radius 3 is 2.89 bits per heavy atom. The van der Waals surface area contributed by atoms with Crippen LogP contribution >= 0.6 is 0 Å². The van der Waals surface area contributed by atoms with Gasteiger partial charge in [-0.3, -0.25) is 0 Å². The second-order valence-corrected chi connectivity index (χ2v) is 2.62. The molecular weight excluding hydrogens is 112 g/mol. The summed E-state index contributed by atoms with van der Waals surface area (Å²) >= 11 is 0. The number of nitrogens with zero attached hydrogens (tertiary/aromatic N) is 1. The van der Waals surface area contributed by atoms with E-state index < -0.39 is 0 Å². The Morgan fingerprint density at radius 1 is 1.67 bits per heavy atom. The Kier molecular flexibility index (Phi) is 2.07. The molecule has 0 unspecified atom stereocenters. The van der Waals surface area contributed by atoms with E-state index in [1.165, 1.54) is 0 Å². The van der Waals surface area contributed by atoms with E-state index in [1.807, 2.05) is 0 Å². The molecular formula is C7H12N2. The van der Waals surface area contributed by atoms with Crippen molar-refractivity contribution in [3.05, 3.63) is 0 Å². The fraction of sp³-hybridized carbons (Fsp3) is 0.857. The third-order valence-electron chi connectivity index (χ3n) is 1.93. The van der Waals surface area contributed by atoms with Crippen molar-refractivity contribution in [1.82, 2.24) is 5.32 Å². The monoisotopic (exact) mass is 124 g/mol. The standard InChI is InChI=1S/C7H12N2/c1-6-7(5-8)3-2-4-9-6/h6-7,9H,2-4H2,1H3/t6-,7-/m1/s1. The van der Waals surface area contributed by atoms with Crippen LogP contribution in [0.1, 0.15) is 19.8 Å². The van der Waals surface area contributed by atoms with E-state index >= 15 is 0 Å². The Labute approximate surface area is 55.9 Å². The molecule has 1 rings (SSSR count). The largest absolute Gasteiger partial charge is 0.313 e. The summed E-state index contributed by atoms with van der Waals surface area (Å²) in [6.45, 7) is 3.16. The second-order valence-electron chi connectivity index (χ2n) is 2.62. The van der Waals surface area contributed by atoms with Gasteiger partial charge in [-0.15, -0.1) is 0 Å². The van der Waals surface area contributed by atoms with Crippen LogP contribution in [-0.4, -0.2) is 12.6 Å². The van der Waals surface area contributed by atoms with Crippen LogP contribution in [0.2, 0.25) is 0 Å². The summed E-state index contributed by atoms with van der Waals surface area (Å²) in [7, 11) is 0. The zero-order valence-electron chi connectivity index (χ0n) is 5.72. The first-order chi connectivity index (χ1) is 4.34. The fourth-order valence-corrected chi connectivity index (χ4v) is 1.22. The SMILES string of the molecule is C[C@H]1NCCC[C@@H]1C#N. The summed E-state index contributed by atoms with van der Waals surface area (Å²) in [5, 5.41) is 11.8. The fourth-order valence-electron chi connectivity index (χ4n) is 1.22. The maximum atomic E-state index is 8.57. The van der Waals surface area contributed by atoms with Gasteiger partial charge in [0.15, 0.2) is 0 Å². The van der Waals surface area contributed by atoms with Crippen LogP contribution in [-0.2, 0) is 0 Å². The predicted octanol–water partition coefficient (Wildman–Crippen LogP) is 0.898. The van der Waals surface area contributed by atoms with E-state index in [0.717, 1.165) is 19.4 Å². The molecule has 1 heterocycles. The van der Waals surface area contributed by atoms with E-state index in [4.69, 9.17) is 5.26 Å². The van der Waals surface area contributed by atoms with E-state index in [0.29, 0.717) is 6.04 Å². The molecule has 0 saturated carbocycles. The van der Waals surface area contributed by atoms with E-state index in [9.17, 15) is 0 Å². The lowest BCUT2D eigenvalue weighted by Crippen LogP contribution is -2.38. The molecule has 0 amide bonds. The van der Waals surface area contributed by atoms with Crippen LogP contribution in [0.3, 0.4) is 0 Å². The minimum atomic E-state index is 0.249. The van der Waals surface area contributed by atoms with Crippen molar-refractivity contribution in [2.45, 2.75) is 25.8 Å². The van der Waals surface area contributed by atoms with Gasteiger partial charge in [0.25, 0.3) is 0 Å². The Morgan fingerprint density at radius 2 is 2.44 bits per heavy atom. The lowest BCUT2D eigenvalue weighted by atomic mass is 9.94. The van der Waals surface area contributed by atoms with Gasteiger partial charge in [-0.25, -0.2) is 0 Å². The molecule has 9 heavy (non-hydrogen) atoms. The van der Waals surface area contributed by atoms with Crippen LogP contribution in [0.15, 0.2) is 0 Å². The van der Waals surface area contributed by atoms with Crippen molar-refractivity contribution < 1.29 is 0 Å². The lowest BCUT2D eigenvalue weighted by molar-refractivity contribution is 0.355. The summed E-state index contributed by atoms with van der Waals surface area (Å²) in [6, 6.07) is 2.70. The molecule has 2 nitrogen and oxygen atoms in total. The van der Waals surface area contributed by atoms with Crippen molar-refractivity contribution in [2.24, 2.45) is 5.92 Å². The van der Waals surface area contributed by atoms with Crippen molar-refractivity contribution >= 4 is 0 Å². The molecule has 0 aliphatic carbocycles. The average Bonchev–Trinajstić information content (AvgIpc) is 1.89. The Hall–Kier alpha value is -0.550. The molecule has 1 N–H and O–H groups in total. The molecule has 0 aromatic heterocycles. The van der Waals surface area contributed by atoms with Gasteiger partial charge >= 0.3 is 0 Å². The second kappa shape index (κ2) is 2.84. The number of hydrogen-bond acceptors (Lipinski definition) is 2. The first-order valence-electron chi connectivity index (χ1n) is 3.47. The van der Waals surface area contributed by atoms with Gasteiger partial charge in [0.1, 0.15) is 0 Å². The van der Waals surface area contributed by atoms with Crippen LogP contribution in [0.4, 0.5) is 0 Å². The highest BCUT2D eigenvalue weighted by Crippen LogP contribution is 2.13. The Balaban J connectivity index is 2.41. The number of rotatable bonds is 0. The van der Waals surface area contributed by atoms with Crippen molar-refractivity contribution in [3.63, 3.8) is 0 Å². The normalized spacial score (nSPS) is 35.6. The van der Waals surface area contributed by atoms with Gasteiger partial charge in [0, 0.05) is 6.04 Å². The summed E-state index contributed by atoms with van der Waals surface area (Å²) in [5.74, 6) is 0.249. The molecule has 0 radical (unpaired) electrons. The third kappa shape index (κ3) is 1.43. The van der Waals surface area contributed by atoms with E-state index in [2.05, 4.69) is 18.3 Å². The Bertz CT molecular complexity index is 125. The van der Waals surface area contributed by atoms with Gasteiger partial charge in [0.2, 0.25) is 0 Å². The molecule has 1 saturated heterocycles. The highest BCUT2D eigenvalue weighted by Gasteiger charge is 2.19. The number of nitrogens with one attached hydrogen (secondary N) is 1.